The van der Waals surface area contributed by atoms with Gasteiger partial charge in [-0.25, -0.2) is 0 Å². The van der Waals surface area contributed by atoms with Crippen LogP contribution in [0.15, 0.2) is 24.3 Å². The van der Waals surface area contributed by atoms with Crippen molar-refractivity contribution in [2.75, 3.05) is 20.2 Å². The number of likely N-dealkylation sites (tertiary alicyclic amines) is 1. The van der Waals surface area contributed by atoms with Crippen molar-refractivity contribution in [2.45, 2.75) is 37.6 Å². The Bertz CT molecular complexity index is 431. The monoisotopic (exact) mass is 280 g/mol. The van der Waals surface area contributed by atoms with Crippen LogP contribution in [-0.2, 0) is 0 Å². The van der Waals surface area contributed by atoms with Crippen LogP contribution in [0.1, 0.15) is 24.9 Å². The topological polar surface area (TPSA) is 79.0 Å². The fourth-order valence-corrected chi connectivity index (χ4v) is 2.80. The highest BCUT2D eigenvalue weighted by atomic mass is 16.5. The van der Waals surface area contributed by atoms with Crippen molar-refractivity contribution in [3.05, 3.63) is 29.8 Å². The van der Waals surface area contributed by atoms with Gasteiger partial charge in [-0.05, 0) is 24.1 Å². The first kappa shape index (κ1) is 15.3. The minimum atomic E-state index is -0.702. The molecule has 0 aromatic heterocycles. The number of hydrogen-bond acceptors (Lipinski definition) is 5. The van der Waals surface area contributed by atoms with Crippen LogP contribution in [0.4, 0.5) is 0 Å². The molecule has 1 aliphatic heterocycles. The molecule has 5 nitrogen and oxygen atoms in total. The molecule has 4 atom stereocenters. The zero-order valence-electron chi connectivity index (χ0n) is 12.1. The van der Waals surface area contributed by atoms with E-state index in [0.29, 0.717) is 13.1 Å². The summed E-state index contributed by atoms with van der Waals surface area (Å²) in [6, 6.07) is 7.73. The molecule has 1 heterocycles. The second kappa shape index (κ2) is 6.54. The zero-order chi connectivity index (χ0) is 14.7. The summed E-state index contributed by atoms with van der Waals surface area (Å²) in [7, 11) is 1.64. The second-order valence-corrected chi connectivity index (χ2v) is 5.38. The summed E-state index contributed by atoms with van der Waals surface area (Å²) in [5.41, 5.74) is 7.32. The highest BCUT2D eigenvalue weighted by Gasteiger charge is 2.36. The minimum Gasteiger partial charge on any atom is -0.497 e. The molecule has 0 bridgehead atoms. The number of rotatable bonds is 5. The van der Waals surface area contributed by atoms with E-state index in [9.17, 15) is 10.2 Å². The predicted octanol–water partition coefficient (Wildman–Crippen LogP) is 0.511. The van der Waals surface area contributed by atoms with E-state index >= 15 is 0 Å². The van der Waals surface area contributed by atoms with Crippen molar-refractivity contribution in [2.24, 2.45) is 5.73 Å². The van der Waals surface area contributed by atoms with Gasteiger partial charge in [0.05, 0.1) is 25.4 Å². The minimum absolute atomic E-state index is 0.0260. The molecule has 20 heavy (non-hydrogen) atoms. The molecule has 1 saturated heterocycles. The smallest absolute Gasteiger partial charge is 0.119 e. The van der Waals surface area contributed by atoms with Gasteiger partial charge in [0.1, 0.15) is 5.75 Å². The van der Waals surface area contributed by atoms with Crippen LogP contribution < -0.4 is 10.5 Å². The number of methoxy groups -OCH3 is 1. The van der Waals surface area contributed by atoms with Gasteiger partial charge in [0.2, 0.25) is 0 Å². The second-order valence-electron chi connectivity index (χ2n) is 5.38. The molecule has 1 aromatic carbocycles. The summed E-state index contributed by atoms with van der Waals surface area (Å²) < 4.78 is 5.27. The van der Waals surface area contributed by atoms with Gasteiger partial charge < -0.3 is 20.7 Å². The first-order valence-corrected chi connectivity index (χ1v) is 7.06. The SMILES string of the molecule is CCC(N)C(c1cccc(OC)c1)N1CC(O)C(O)C1. The zero-order valence-corrected chi connectivity index (χ0v) is 12.1. The van der Waals surface area contributed by atoms with Crippen LogP contribution in [0, 0.1) is 0 Å². The summed E-state index contributed by atoms with van der Waals surface area (Å²) in [5, 5.41) is 19.5. The lowest BCUT2D eigenvalue weighted by molar-refractivity contribution is 0.0572. The summed E-state index contributed by atoms with van der Waals surface area (Å²) in [4.78, 5) is 2.05. The van der Waals surface area contributed by atoms with Crippen molar-refractivity contribution < 1.29 is 14.9 Å². The van der Waals surface area contributed by atoms with Crippen LogP contribution in [0.2, 0.25) is 0 Å². The third-order valence-corrected chi connectivity index (χ3v) is 3.99. The Kier molecular flexibility index (Phi) is 4.99. The molecule has 0 amide bonds. The van der Waals surface area contributed by atoms with Crippen LogP contribution >= 0.6 is 0 Å². The van der Waals surface area contributed by atoms with Gasteiger partial charge in [-0.1, -0.05) is 19.1 Å². The van der Waals surface area contributed by atoms with Gasteiger partial charge in [-0.15, -0.1) is 0 Å². The first-order valence-electron chi connectivity index (χ1n) is 7.06. The molecule has 2 rings (SSSR count). The summed E-state index contributed by atoms with van der Waals surface area (Å²) >= 11 is 0. The summed E-state index contributed by atoms with van der Waals surface area (Å²) in [6.45, 7) is 2.92. The number of ether oxygens (including phenoxy) is 1. The van der Waals surface area contributed by atoms with Crippen LogP contribution in [0.25, 0.3) is 0 Å². The van der Waals surface area contributed by atoms with E-state index in [1.165, 1.54) is 0 Å². The Morgan fingerprint density at radius 1 is 1.35 bits per heavy atom. The Hall–Kier alpha value is -1.14. The average Bonchev–Trinajstić information content (AvgIpc) is 2.78. The molecule has 1 fully saturated rings. The van der Waals surface area contributed by atoms with Gasteiger partial charge in [-0.2, -0.15) is 0 Å². The molecule has 0 aliphatic carbocycles. The molecule has 0 radical (unpaired) electrons. The Labute approximate surface area is 120 Å². The first-order chi connectivity index (χ1) is 9.56. The number of β-amino-alcohol motifs (C(OH)–C–C–N with tert-alkyl or cyclic N) is 2. The quantitative estimate of drug-likeness (QED) is 0.732. The van der Waals surface area contributed by atoms with E-state index < -0.39 is 12.2 Å². The van der Waals surface area contributed by atoms with E-state index in [0.717, 1.165) is 17.7 Å². The molecule has 0 saturated carbocycles. The maximum Gasteiger partial charge on any atom is 0.119 e. The van der Waals surface area contributed by atoms with Gasteiger partial charge in [0.25, 0.3) is 0 Å². The van der Waals surface area contributed by atoms with E-state index in [2.05, 4.69) is 4.90 Å². The maximum absolute atomic E-state index is 9.76. The number of aliphatic hydroxyl groups excluding tert-OH is 2. The number of hydrogen-bond donors (Lipinski definition) is 3. The van der Waals surface area contributed by atoms with E-state index in [4.69, 9.17) is 10.5 Å². The highest BCUT2D eigenvalue weighted by Crippen LogP contribution is 2.30. The standard InChI is InChI=1S/C15H24N2O3/c1-3-12(16)15(17-8-13(18)14(19)9-17)10-5-4-6-11(7-10)20-2/h4-7,12-15,18-19H,3,8-9,16H2,1-2H3. The number of nitrogens with zero attached hydrogens (tertiary/aromatic N) is 1. The van der Waals surface area contributed by atoms with Crippen molar-refractivity contribution in [3.8, 4) is 5.75 Å². The molecule has 0 spiro atoms. The fourth-order valence-electron chi connectivity index (χ4n) is 2.80. The number of nitrogens with two attached hydrogens (primary N) is 1. The number of benzene rings is 1. The maximum atomic E-state index is 9.76. The molecule has 1 aromatic rings. The molecule has 112 valence electrons. The van der Waals surface area contributed by atoms with Gasteiger partial charge in [0.15, 0.2) is 0 Å². The normalized spacial score (nSPS) is 26.4. The van der Waals surface area contributed by atoms with Crippen LogP contribution in [0.3, 0.4) is 0 Å². The molecule has 4 N–H and O–H groups in total. The third kappa shape index (κ3) is 3.12. The predicted molar refractivity (Wildman–Crippen MR) is 77.6 cm³/mol. The largest absolute Gasteiger partial charge is 0.497 e. The molecule has 1 aliphatic rings. The van der Waals surface area contributed by atoms with Crippen LogP contribution in [-0.4, -0.2) is 53.6 Å². The molecular weight excluding hydrogens is 256 g/mol. The lowest BCUT2D eigenvalue weighted by Crippen LogP contribution is -2.40. The van der Waals surface area contributed by atoms with Crippen molar-refractivity contribution in [1.29, 1.82) is 0 Å². The van der Waals surface area contributed by atoms with Gasteiger partial charge in [-0.3, -0.25) is 4.90 Å². The third-order valence-electron chi connectivity index (χ3n) is 3.99. The Morgan fingerprint density at radius 3 is 2.55 bits per heavy atom. The molecule has 5 heteroatoms. The Morgan fingerprint density at radius 2 is 2.00 bits per heavy atom. The van der Waals surface area contributed by atoms with Crippen molar-refractivity contribution in [3.63, 3.8) is 0 Å². The number of aliphatic hydroxyl groups is 2. The van der Waals surface area contributed by atoms with Gasteiger partial charge >= 0.3 is 0 Å². The van der Waals surface area contributed by atoms with Crippen molar-refractivity contribution in [1.82, 2.24) is 4.90 Å². The highest BCUT2D eigenvalue weighted by molar-refractivity contribution is 5.31. The van der Waals surface area contributed by atoms with Crippen LogP contribution in [0.5, 0.6) is 5.75 Å². The lowest BCUT2D eigenvalue weighted by atomic mass is 9.96. The van der Waals surface area contributed by atoms with E-state index in [-0.39, 0.29) is 12.1 Å². The summed E-state index contributed by atoms with van der Waals surface area (Å²) in [5.74, 6) is 0.788. The van der Waals surface area contributed by atoms with Gasteiger partial charge in [0, 0.05) is 19.1 Å². The average molecular weight is 280 g/mol. The van der Waals surface area contributed by atoms with E-state index in [1.54, 1.807) is 7.11 Å². The molecular formula is C15H24N2O3. The summed E-state index contributed by atoms with van der Waals surface area (Å²) in [6.07, 6.45) is -0.579. The van der Waals surface area contributed by atoms with Crippen molar-refractivity contribution >= 4 is 0 Å². The van der Waals surface area contributed by atoms with E-state index in [1.807, 2.05) is 31.2 Å². The molecule has 4 unspecified atom stereocenters. The Balaban J connectivity index is 2.27. The lowest BCUT2D eigenvalue weighted by Gasteiger charge is -2.32. The fraction of sp³-hybridized carbons (Fsp3) is 0.600.